The first-order valence-electron chi connectivity index (χ1n) is 21.0. The van der Waals surface area contributed by atoms with Crippen LogP contribution < -0.4 is 0 Å². The van der Waals surface area contributed by atoms with Crippen molar-refractivity contribution in [3.63, 3.8) is 0 Å². The monoisotopic (exact) mass is 654 g/mol. The molecule has 0 radical (unpaired) electrons. The molecule has 7 aromatic carbocycles. The summed E-state index contributed by atoms with van der Waals surface area (Å²) < 4.78 is 96.7. The molecule has 0 aliphatic carbocycles. The molecular weight excluding hydrogens is 615 g/mol. The van der Waals surface area contributed by atoms with Crippen molar-refractivity contribution in [1.82, 2.24) is 15.0 Å². The number of hydrogen-bond acceptors (Lipinski definition) is 4. The zero-order valence-electron chi connectivity index (χ0n) is 36.6. The number of thiophene rings is 1. The summed E-state index contributed by atoms with van der Waals surface area (Å²) in [5.74, 6) is 0.526. The number of nitrogens with zero attached hydrogens (tertiary/aromatic N) is 3. The van der Waals surface area contributed by atoms with E-state index in [1.807, 2.05) is 72.8 Å². The Morgan fingerprint density at radius 3 is 1.45 bits per heavy atom. The van der Waals surface area contributed by atoms with E-state index in [0.717, 1.165) is 33.6 Å². The molecule has 0 bridgehead atoms. The first-order chi connectivity index (χ1) is 28.8. The highest BCUT2D eigenvalue weighted by atomic mass is 32.1. The van der Waals surface area contributed by atoms with Crippen molar-refractivity contribution >= 4 is 31.5 Å². The molecule has 230 valence electrons. The first-order valence-corrected chi connectivity index (χ1v) is 16.3. The Hall–Kier alpha value is -6.23. The Labute approximate surface area is 304 Å². The smallest absolute Gasteiger partial charge is 0.164 e. The van der Waals surface area contributed by atoms with Crippen LogP contribution in [0.3, 0.4) is 0 Å². The molecule has 0 spiro atoms. The van der Waals surface area contributed by atoms with Crippen LogP contribution in [0.2, 0.25) is 0 Å². The van der Waals surface area contributed by atoms with E-state index in [1.54, 1.807) is 0 Å². The molecule has 0 aliphatic heterocycles. The number of benzene rings is 7. The van der Waals surface area contributed by atoms with Crippen molar-refractivity contribution < 1.29 is 15.1 Å². The van der Waals surface area contributed by atoms with Gasteiger partial charge >= 0.3 is 0 Å². The number of rotatable bonds is 6. The van der Waals surface area contributed by atoms with E-state index in [1.165, 1.54) is 0 Å². The number of fused-ring (bicyclic) bond motifs is 3. The van der Waals surface area contributed by atoms with Crippen LogP contribution in [0.15, 0.2) is 176 Å². The standard InChI is InChI=1S/C45H29N3S/c1-4-10-30(11-5-1)32-16-18-33(19-17-32)34-20-22-36(23-21-34)44-46-43(35-14-8-3-9-15-35)47-45(48-44)38-24-26-39-40-28-37(31-12-6-2-7-13-31)25-27-41(40)49-42(39)29-38/h1-29H/i2D,6D,7D,12D,13D,24D,25D,26D,27D,28D,29D. The molecule has 0 unspecified atom stereocenters. The van der Waals surface area contributed by atoms with E-state index in [-0.39, 0.29) is 60.9 Å². The number of hydrogen-bond donors (Lipinski definition) is 0. The van der Waals surface area contributed by atoms with Gasteiger partial charge in [-0.3, -0.25) is 0 Å². The van der Waals surface area contributed by atoms with Crippen LogP contribution in [0.1, 0.15) is 15.1 Å². The van der Waals surface area contributed by atoms with E-state index in [9.17, 15) is 5.48 Å². The predicted octanol–water partition coefficient (Wildman–Crippen LogP) is 12.2. The minimum atomic E-state index is -0.657. The van der Waals surface area contributed by atoms with Gasteiger partial charge in [-0.05, 0) is 51.5 Å². The van der Waals surface area contributed by atoms with Gasteiger partial charge in [0.1, 0.15) is 0 Å². The average Bonchev–Trinajstić information content (AvgIpc) is 3.70. The maximum Gasteiger partial charge on any atom is 0.164 e. The summed E-state index contributed by atoms with van der Waals surface area (Å²) in [5.41, 5.74) is 4.68. The molecule has 0 atom stereocenters. The summed E-state index contributed by atoms with van der Waals surface area (Å²) >= 11 is 0.909. The Morgan fingerprint density at radius 2 is 0.837 bits per heavy atom. The molecule has 0 saturated carbocycles. The van der Waals surface area contributed by atoms with Crippen molar-refractivity contribution in [2.45, 2.75) is 0 Å². The summed E-state index contributed by atoms with van der Waals surface area (Å²) in [7, 11) is 0. The lowest BCUT2D eigenvalue weighted by molar-refractivity contribution is 1.07. The predicted molar refractivity (Wildman–Crippen MR) is 205 cm³/mol. The molecule has 0 fully saturated rings. The largest absolute Gasteiger partial charge is 0.208 e. The van der Waals surface area contributed by atoms with E-state index in [4.69, 9.17) is 24.5 Å². The molecule has 2 heterocycles. The number of aromatic nitrogens is 3. The Balaban J connectivity index is 1.20. The van der Waals surface area contributed by atoms with Crippen LogP contribution in [-0.4, -0.2) is 15.0 Å². The lowest BCUT2D eigenvalue weighted by Gasteiger charge is -2.10. The van der Waals surface area contributed by atoms with Gasteiger partial charge in [0.15, 0.2) is 17.5 Å². The zero-order chi connectivity index (χ0) is 42.1. The van der Waals surface area contributed by atoms with Crippen molar-refractivity contribution in [1.29, 1.82) is 0 Å². The van der Waals surface area contributed by atoms with Gasteiger partial charge in [-0.2, -0.15) is 0 Å². The SMILES string of the molecule is [2H]c1c([2H])c([2H])c(-c2c([2H])c([2H])c3sc4c([2H])c(-c5nc(-c6ccccc6)nc(-c6ccc(-c7ccc(-c8ccccc8)cc7)cc6)n5)c([2H])c([2H])c4c3c2[2H])c([2H])c1[2H]. The lowest BCUT2D eigenvalue weighted by atomic mass is 9.99. The second-order valence-corrected chi connectivity index (χ2v) is 12.2. The summed E-state index contributed by atoms with van der Waals surface area (Å²) in [4.78, 5) is 14.3. The summed E-state index contributed by atoms with van der Waals surface area (Å²) in [5, 5.41) is -0.0155. The average molecular weight is 655 g/mol. The van der Waals surface area contributed by atoms with Gasteiger partial charge in [0.05, 0.1) is 15.1 Å². The molecule has 3 nitrogen and oxygen atoms in total. The van der Waals surface area contributed by atoms with Crippen molar-refractivity contribution in [2.24, 2.45) is 0 Å². The third kappa shape index (κ3) is 5.69. The lowest BCUT2D eigenvalue weighted by Crippen LogP contribution is -2.00. The Kier molecular flexibility index (Phi) is 4.96. The van der Waals surface area contributed by atoms with Crippen LogP contribution in [0.5, 0.6) is 0 Å². The highest BCUT2D eigenvalue weighted by Crippen LogP contribution is 2.38. The summed E-state index contributed by atoms with van der Waals surface area (Å²) in [6, 6.07) is 29.7. The van der Waals surface area contributed by atoms with Crippen molar-refractivity contribution in [3.8, 4) is 67.5 Å². The van der Waals surface area contributed by atoms with Crippen LogP contribution in [-0.2, 0) is 0 Å². The first kappa shape index (κ1) is 19.6. The fraction of sp³-hybridized carbons (Fsp3) is 0. The third-order valence-electron chi connectivity index (χ3n) is 8.12. The molecule has 9 rings (SSSR count). The molecule has 0 amide bonds. The fourth-order valence-corrected chi connectivity index (χ4v) is 6.60. The van der Waals surface area contributed by atoms with Gasteiger partial charge in [-0.15, -0.1) is 11.3 Å². The van der Waals surface area contributed by atoms with Gasteiger partial charge in [-0.25, -0.2) is 15.0 Å². The van der Waals surface area contributed by atoms with Gasteiger partial charge in [-0.1, -0.05) is 158 Å². The maximum absolute atomic E-state index is 9.46. The molecule has 9 aromatic rings. The van der Waals surface area contributed by atoms with Crippen molar-refractivity contribution in [2.75, 3.05) is 0 Å². The molecule has 0 N–H and O–H groups in total. The third-order valence-corrected chi connectivity index (χ3v) is 9.14. The maximum atomic E-state index is 9.46. The summed E-state index contributed by atoms with van der Waals surface area (Å²) in [6.07, 6.45) is 0. The van der Waals surface area contributed by atoms with Gasteiger partial charge in [0, 0.05) is 36.9 Å². The molecular formula is C45H29N3S. The van der Waals surface area contributed by atoms with Crippen molar-refractivity contribution in [3.05, 3.63) is 176 Å². The molecule has 0 saturated heterocycles. The second-order valence-electron chi connectivity index (χ2n) is 11.2. The normalized spacial score (nSPS) is 14.4. The molecule has 2 aromatic heterocycles. The van der Waals surface area contributed by atoms with E-state index in [0.29, 0.717) is 11.1 Å². The van der Waals surface area contributed by atoms with Crippen LogP contribution in [0.25, 0.3) is 87.7 Å². The highest BCUT2D eigenvalue weighted by molar-refractivity contribution is 7.25. The highest BCUT2D eigenvalue weighted by Gasteiger charge is 2.15. The minimum absolute atomic E-state index is 0.00539. The van der Waals surface area contributed by atoms with Gasteiger partial charge in [0.25, 0.3) is 0 Å². The molecule has 49 heavy (non-hydrogen) atoms. The van der Waals surface area contributed by atoms with E-state index < -0.39 is 59.9 Å². The van der Waals surface area contributed by atoms with E-state index in [2.05, 4.69) is 36.4 Å². The summed E-state index contributed by atoms with van der Waals surface area (Å²) in [6.45, 7) is 0. The Morgan fingerprint density at radius 1 is 0.347 bits per heavy atom. The quantitative estimate of drug-likeness (QED) is 0.179. The molecule has 0 aliphatic rings. The fourth-order valence-electron chi connectivity index (χ4n) is 5.63. The minimum Gasteiger partial charge on any atom is -0.208 e. The second kappa shape index (κ2) is 12.4. The zero-order valence-corrected chi connectivity index (χ0v) is 26.5. The van der Waals surface area contributed by atoms with Crippen LogP contribution in [0.4, 0.5) is 0 Å². The van der Waals surface area contributed by atoms with Crippen LogP contribution >= 0.6 is 11.3 Å². The van der Waals surface area contributed by atoms with Gasteiger partial charge in [0.2, 0.25) is 0 Å². The molecule has 4 heteroatoms. The topological polar surface area (TPSA) is 38.7 Å². The Bertz CT molecular complexity index is 3170. The van der Waals surface area contributed by atoms with Gasteiger partial charge < -0.3 is 0 Å². The van der Waals surface area contributed by atoms with E-state index >= 15 is 0 Å². The van der Waals surface area contributed by atoms with Crippen LogP contribution in [0, 0.1) is 0 Å².